The first-order chi connectivity index (χ1) is 8.39. The van der Waals surface area contributed by atoms with Gasteiger partial charge in [-0.2, -0.15) is 0 Å². The second kappa shape index (κ2) is 4.25. The SMILES string of the molecule is CC(C)(C)c1nnc(-c2ccccc2C(=O)O)o1. The van der Waals surface area contributed by atoms with Gasteiger partial charge < -0.3 is 9.52 Å². The van der Waals surface area contributed by atoms with Crippen LogP contribution in [-0.4, -0.2) is 21.3 Å². The lowest BCUT2D eigenvalue weighted by atomic mass is 9.97. The molecule has 0 saturated carbocycles. The van der Waals surface area contributed by atoms with Gasteiger partial charge in [0.05, 0.1) is 11.1 Å². The van der Waals surface area contributed by atoms with Crippen LogP contribution in [0, 0.1) is 0 Å². The molecule has 18 heavy (non-hydrogen) atoms. The third-order valence-electron chi connectivity index (χ3n) is 2.45. The molecule has 0 aliphatic rings. The van der Waals surface area contributed by atoms with Gasteiger partial charge in [0, 0.05) is 5.41 Å². The van der Waals surface area contributed by atoms with Crippen LogP contribution in [0.2, 0.25) is 0 Å². The number of rotatable bonds is 2. The Hall–Kier alpha value is -2.17. The molecule has 1 N–H and O–H groups in total. The highest BCUT2D eigenvalue weighted by Gasteiger charge is 2.23. The monoisotopic (exact) mass is 246 g/mol. The van der Waals surface area contributed by atoms with E-state index in [0.717, 1.165) is 0 Å². The van der Waals surface area contributed by atoms with Crippen molar-refractivity contribution < 1.29 is 14.3 Å². The zero-order valence-electron chi connectivity index (χ0n) is 10.5. The van der Waals surface area contributed by atoms with Gasteiger partial charge >= 0.3 is 5.97 Å². The summed E-state index contributed by atoms with van der Waals surface area (Å²) in [6.45, 7) is 5.86. The Morgan fingerprint density at radius 1 is 1.22 bits per heavy atom. The van der Waals surface area contributed by atoms with Gasteiger partial charge in [-0.1, -0.05) is 32.9 Å². The van der Waals surface area contributed by atoms with E-state index in [-0.39, 0.29) is 16.9 Å². The van der Waals surface area contributed by atoms with Crippen LogP contribution in [0.25, 0.3) is 11.5 Å². The van der Waals surface area contributed by atoms with Crippen LogP contribution in [0.15, 0.2) is 28.7 Å². The van der Waals surface area contributed by atoms with Gasteiger partial charge in [0.1, 0.15) is 0 Å². The average Bonchev–Trinajstić information content (AvgIpc) is 2.77. The fraction of sp³-hybridized carbons (Fsp3) is 0.308. The van der Waals surface area contributed by atoms with Gasteiger partial charge in [-0.3, -0.25) is 0 Å². The molecule has 0 aliphatic heterocycles. The Balaban J connectivity index is 2.50. The number of benzene rings is 1. The second-order valence-corrected chi connectivity index (χ2v) is 5.01. The van der Waals surface area contributed by atoms with E-state index in [0.29, 0.717) is 11.5 Å². The summed E-state index contributed by atoms with van der Waals surface area (Å²) in [5.74, 6) is -0.295. The maximum Gasteiger partial charge on any atom is 0.336 e. The van der Waals surface area contributed by atoms with Gasteiger partial charge in [0.25, 0.3) is 0 Å². The summed E-state index contributed by atoms with van der Waals surface area (Å²) in [6, 6.07) is 6.57. The van der Waals surface area contributed by atoms with E-state index in [1.807, 2.05) is 20.8 Å². The number of nitrogens with zero attached hydrogens (tertiary/aromatic N) is 2. The van der Waals surface area contributed by atoms with Crippen LogP contribution < -0.4 is 0 Å². The van der Waals surface area contributed by atoms with Crippen molar-refractivity contribution in [2.24, 2.45) is 0 Å². The van der Waals surface area contributed by atoms with Crippen molar-refractivity contribution in [3.8, 4) is 11.5 Å². The zero-order chi connectivity index (χ0) is 13.3. The van der Waals surface area contributed by atoms with E-state index in [9.17, 15) is 4.79 Å². The predicted molar refractivity (Wildman–Crippen MR) is 65.4 cm³/mol. The van der Waals surface area contributed by atoms with Crippen molar-refractivity contribution in [3.63, 3.8) is 0 Å². The van der Waals surface area contributed by atoms with Crippen molar-refractivity contribution in [2.75, 3.05) is 0 Å². The van der Waals surface area contributed by atoms with Crippen molar-refractivity contribution >= 4 is 5.97 Å². The lowest BCUT2D eigenvalue weighted by Gasteiger charge is -2.11. The minimum Gasteiger partial charge on any atom is -0.478 e. The van der Waals surface area contributed by atoms with E-state index in [4.69, 9.17) is 9.52 Å². The molecule has 1 heterocycles. The topological polar surface area (TPSA) is 76.2 Å². The van der Waals surface area contributed by atoms with Crippen LogP contribution in [0.4, 0.5) is 0 Å². The Morgan fingerprint density at radius 3 is 2.44 bits per heavy atom. The molecule has 5 heteroatoms. The first kappa shape index (κ1) is 12.3. The highest BCUT2D eigenvalue weighted by Crippen LogP contribution is 2.27. The van der Waals surface area contributed by atoms with Crippen molar-refractivity contribution in [3.05, 3.63) is 35.7 Å². The van der Waals surface area contributed by atoms with Gasteiger partial charge in [0.2, 0.25) is 11.8 Å². The normalized spacial score (nSPS) is 11.5. The zero-order valence-corrected chi connectivity index (χ0v) is 10.5. The summed E-state index contributed by atoms with van der Waals surface area (Å²) in [6.07, 6.45) is 0. The molecule has 94 valence electrons. The van der Waals surface area contributed by atoms with Crippen molar-refractivity contribution in [1.29, 1.82) is 0 Å². The Morgan fingerprint density at radius 2 is 1.89 bits per heavy atom. The minimum absolute atomic E-state index is 0.154. The molecular weight excluding hydrogens is 232 g/mol. The molecule has 0 spiro atoms. The first-order valence-electron chi connectivity index (χ1n) is 5.56. The fourth-order valence-electron chi connectivity index (χ4n) is 1.49. The van der Waals surface area contributed by atoms with Gasteiger partial charge in [-0.15, -0.1) is 10.2 Å². The molecule has 1 aromatic heterocycles. The number of carbonyl (C=O) groups is 1. The summed E-state index contributed by atoms with van der Waals surface area (Å²) in [7, 11) is 0. The maximum atomic E-state index is 11.1. The van der Waals surface area contributed by atoms with Crippen LogP contribution >= 0.6 is 0 Å². The first-order valence-corrected chi connectivity index (χ1v) is 5.56. The van der Waals surface area contributed by atoms with Crippen molar-refractivity contribution in [1.82, 2.24) is 10.2 Å². The minimum atomic E-state index is -1.01. The molecule has 5 nitrogen and oxygen atoms in total. The highest BCUT2D eigenvalue weighted by atomic mass is 16.4. The standard InChI is InChI=1S/C13H14N2O3/c1-13(2,3)12-15-14-10(18-12)8-6-4-5-7-9(8)11(16)17/h4-7H,1-3H3,(H,16,17). The molecule has 0 radical (unpaired) electrons. The summed E-state index contributed by atoms with van der Waals surface area (Å²) in [4.78, 5) is 11.1. The number of carboxylic acid groups (broad SMARTS) is 1. The summed E-state index contributed by atoms with van der Waals surface area (Å²) >= 11 is 0. The van der Waals surface area contributed by atoms with E-state index in [2.05, 4.69) is 10.2 Å². The molecule has 0 atom stereocenters. The Kier molecular flexibility index (Phi) is 2.90. The molecular formula is C13H14N2O3. The molecule has 0 saturated heterocycles. The number of carboxylic acids is 1. The largest absolute Gasteiger partial charge is 0.478 e. The van der Waals surface area contributed by atoms with Crippen LogP contribution in [0.1, 0.15) is 37.0 Å². The van der Waals surface area contributed by atoms with Crippen molar-refractivity contribution in [2.45, 2.75) is 26.2 Å². The molecule has 1 aromatic carbocycles. The van der Waals surface area contributed by atoms with Gasteiger partial charge in [-0.05, 0) is 12.1 Å². The molecule has 0 amide bonds. The molecule has 0 fully saturated rings. The smallest absolute Gasteiger partial charge is 0.336 e. The van der Waals surface area contributed by atoms with Gasteiger partial charge in [-0.25, -0.2) is 4.79 Å². The third kappa shape index (κ3) is 2.25. The number of aromatic nitrogens is 2. The maximum absolute atomic E-state index is 11.1. The fourth-order valence-corrected chi connectivity index (χ4v) is 1.49. The summed E-state index contributed by atoms with van der Waals surface area (Å²) in [5, 5.41) is 17.0. The number of hydrogen-bond acceptors (Lipinski definition) is 4. The van der Waals surface area contributed by atoms with Crippen LogP contribution in [-0.2, 0) is 5.41 Å². The van der Waals surface area contributed by atoms with Gasteiger partial charge in [0.15, 0.2) is 0 Å². The Bertz CT molecular complexity index is 582. The van der Waals surface area contributed by atoms with E-state index in [1.165, 1.54) is 6.07 Å². The quantitative estimate of drug-likeness (QED) is 0.881. The van der Waals surface area contributed by atoms with Crippen LogP contribution in [0.5, 0.6) is 0 Å². The lowest BCUT2D eigenvalue weighted by molar-refractivity contribution is 0.0697. The number of aromatic carboxylic acids is 1. The molecule has 0 unspecified atom stereocenters. The Labute approximate surface area is 104 Å². The number of hydrogen-bond donors (Lipinski definition) is 1. The van der Waals surface area contributed by atoms with E-state index in [1.54, 1.807) is 18.2 Å². The van der Waals surface area contributed by atoms with E-state index >= 15 is 0 Å². The summed E-state index contributed by atoms with van der Waals surface area (Å²) in [5.41, 5.74) is 0.332. The van der Waals surface area contributed by atoms with E-state index < -0.39 is 5.97 Å². The third-order valence-corrected chi connectivity index (χ3v) is 2.45. The molecule has 0 bridgehead atoms. The summed E-state index contributed by atoms with van der Waals surface area (Å²) < 4.78 is 5.54. The molecule has 2 rings (SSSR count). The lowest BCUT2D eigenvalue weighted by Crippen LogP contribution is -2.11. The second-order valence-electron chi connectivity index (χ2n) is 5.01. The molecule has 0 aliphatic carbocycles. The highest BCUT2D eigenvalue weighted by molar-refractivity contribution is 5.94. The predicted octanol–water partition coefficient (Wildman–Crippen LogP) is 2.73. The molecule has 2 aromatic rings. The van der Waals surface area contributed by atoms with Crippen LogP contribution in [0.3, 0.4) is 0 Å². The average molecular weight is 246 g/mol.